The standard InChI is InChI=1S/C64H82N4O10S2/c1-41(2)55(67-59(71)49(39-79(75,76)63(5,6)7)37-47-31-21-29-45-27-17-19-33-51(45)47)61(73)65-53(35-43-23-13-11-14-24-43)57(69)58(70)54(36-44-25-15-12-16-26-44)66-62(74)56(42(3)4)68-60(72)50(40-80(77,78)64(8,9)10)38-48-32-22-30-46-28-18-20-34-52(46)48/h11-34,41-42,49-50,53-58,69-70H,35-40H2,1-10H3,(H,65,73)(H,66,74)(H,67,71)(H,68,72)/t49-,50-,53-,54-,55-,56-,57-,58+/m0/s1. The van der Waals surface area contributed by atoms with Gasteiger partial charge in [0.25, 0.3) is 0 Å². The predicted octanol–water partition coefficient (Wildman–Crippen LogP) is 7.90. The Kier molecular flexibility index (Phi) is 21.1. The van der Waals surface area contributed by atoms with E-state index in [4.69, 9.17) is 0 Å². The summed E-state index contributed by atoms with van der Waals surface area (Å²) in [5, 5.41) is 40.1. The minimum Gasteiger partial charge on any atom is -0.388 e. The lowest BCUT2D eigenvalue weighted by Gasteiger charge is -2.35. The maximum Gasteiger partial charge on any atom is 0.243 e. The van der Waals surface area contributed by atoms with Crippen LogP contribution in [0.2, 0.25) is 0 Å². The number of amides is 4. The molecule has 0 spiro atoms. The van der Waals surface area contributed by atoms with E-state index < -0.39 is 124 Å². The molecule has 16 heteroatoms. The van der Waals surface area contributed by atoms with Crippen molar-refractivity contribution >= 4 is 64.8 Å². The lowest BCUT2D eigenvalue weighted by atomic mass is 9.90. The Morgan fingerprint density at radius 3 is 1.05 bits per heavy atom. The van der Waals surface area contributed by atoms with Crippen LogP contribution in [0.5, 0.6) is 0 Å². The molecule has 80 heavy (non-hydrogen) atoms. The number of benzene rings is 6. The molecular formula is C64H82N4O10S2. The molecule has 8 atom stereocenters. The first-order valence-electron chi connectivity index (χ1n) is 27.6. The summed E-state index contributed by atoms with van der Waals surface area (Å²) < 4.78 is 52.9. The molecule has 430 valence electrons. The van der Waals surface area contributed by atoms with Gasteiger partial charge in [-0.2, -0.15) is 0 Å². The van der Waals surface area contributed by atoms with Crippen molar-refractivity contribution in [3.63, 3.8) is 0 Å². The summed E-state index contributed by atoms with van der Waals surface area (Å²) >= 11 is 0. The van der Waals surface area contributed by atoms with Crippen molar-refractivity contribution < 1.29 is 46.2 Å². The molecule has 6 aromatic rings. The zero-order valence-corrected chi connectivity index (χ0v) is 49.5. The molecule has 0 heterocycles. The number of carbonyl (C=O) groups excluding carboxylic acids is 4. The Hall–Kier alpha value is -6.46. The fraction of sp³-hybridized carbons (Fsp3) is 0.438. The van der Waals surface area contributed by atoms with Crippen LogP contribution in [-0.2, 0) is 64.5 Å². The average molecular weight is 1130 g/mol. The number of rotatable bonds is 25. The fourth-order valence-electron chi connectivity index (χ4n) is 9.84. The van der Waals surface area contributed by atoms with E-state index in [1.165, 1.54) is 0 Å². The van der Waals surface area contributed by atoms with Crippen LogP contribution in [-0.4, -0.2) is 108 Å². The Morgan fingerprint density at radius 1 is 0.412 bits per heavy atom. The third kappa shape index (κ3) is 16.4. The molecule has 6 rings (SSSR count). The smallest absolute Gasteiger partial charge is 0.243 e. The Balaban J connectivity index is 1.29. The highest BCUT2D eigenvalue weighted by atomic mass is 32.2. The number of carbonyl (C=O) groups is 4. The summed E-state index contributed by atoms with van der Waals surface area (Å²) in [6, 6.07) is 39.7. The van der Waals surface area contributed by atoms with Crippen LogP contribution in [0.3, 0.4) is 0 Å². The number of aliphatic hydroxyl groups is 2. The molecule has 0 unspecified atom stereocenters. The summed E-state index contributed by atoms with van der Waals surface area (Å²) in [5.74, 6) is -6.92. The largest absolute Gasteiger partial charge is 0.388 e. The second kappa shape index (κ2) is 26.9. The monoisotopic (exact) mass is 1130 g/mol. The van der Waals surface area contributed by atoms with Crippen LogP contribution in [0.1, 0.15) is 91.5 Å². The molecule has 0 radical (unpaired) electrons. The highest BCUT2D eigenvalue weighted by Crippen LogP contribution is 2.28. The molecular weight excluding hydrogens is 1050 g/mol. The van der Waals surface area contributed by atoms with Gasteiger partial charge < -0.3 is 31.5 Å². The zero-order valence-electron chi connectivity index (χ0n) is 47.8. The average Bonchev–Trinajstić information content (AvgIpc) is 3.40. The fourth-order valence-corrected chi connectivity index (χ4v) is 12.4. The van der Waals surface area contributed by atoms with Gasteiger partial charge in [-0.15, -0.1) is 0 Å². The lowest BCUT2D eigenvalue weighted by Crippen LogP contribution is -2.62. The van der Waals surface area contributed by atoms with Gasteiger partial charge >= 0.3 is 0 Å². The van der Waals surface area contributed by atoms with Crippen LogP contribution < -0.4 is 21.3 Å². The number of aliphatic hydroxyl groups excluding tert-OH is 2. The van der Waals surface area contributed by atoms with E-state index in [0.717, 1.165) is 32.7 Å². The molecule has 0 fully saturated rings. The Labute approximate surface area is 473 Å². The van der Waals surface area contributed by atoms with Gasteiger partial charge in [-0.3, -0.25) is 19.2 Å². The van der Waals surface area contributed by atoms with Crippen LogP contribution in [0.25, 0.3) is 21.5 Å². The van der Waals surface area contributed by atoms with E-state index >= 15 is 0 Å². The van der Waals surface area contributed by atoms with Crippen LogP contribution in [0.4, 0.5) is 0 Å². The second-order valence-electron chi connectivity index (χ2n) is 23.9. The van der Waals surface area contributed by atoms with Crippen LogP contribution in [0.15, 0.2) is 146 Å². The van der Waals surface area contributed by atoms with Crippen molar-refractivity contribution in [3.8, 4) is 0 Å². The van der Waals surface area contributed by atoms with E-state index in [1.54, 1.807) is 118 Å². The number of nitrogens with one attached hydrogen (secondary N) is 4. The molecule has 0 saturated carbocycles. The maximum atomic E-state index is 14.7. The predicted molar refractivity (Wildman–Crippen MR) is 319 cm³/mol. The SMILES string of the molecule is CC(C)[C@H](NC(=O)[C@@H](Cc1cccc2ccccc12)CS(=O)(=O)C(C)(C)C)C(=O)N[C@@H](Cc1ccccc1)[C@H](O)[C@H](O)[C@H](Cc1ccccc1)NC(=O)[C@@H](NC(=O)[C@@H](Cc1cccc2ccccc12)CS(=O)(=O)C(C)(C)C)C(C)C. The quantitative estimate of drug-likeness (QED) is 0.0325. The highest BCUT2D eigenvalue weighted by Gasteiger charge is 2.41. The number of fused-ring (bicyclic) bond motifs is 2. The summed E-state index contributed by atoms with van der Waals surface area (Å²) in [6.07, 6.45) is -3.37. The summed E-state index contributed by atoms with van der Waals surface area (Å²) in [7, 11) is -7.70. The van der Waals surface area contributed by atoms with E-state index in [1.807, 2.05) is 97.1 Å². The molecule has 0 aromatic heterocycles. The van der Waals surface area contributed by atoms with Crippen molar-refractivity contribution in [3.05, 3.63) is 168 Å². The van der Waals surface area contributed by atoms with Gasteiger partial charge in [0.05, 0.1) is 44.9 Å². The molecule has 0 aliphatic carbocycles. The molecule has 6 N–H and O–H groups in total. The first-order chi connectivity index (χ1) is 37.6. The molecule has 6 aromatic carbocycles. The molecule has 14 nitrogen and oxygen atoms in total. The van der Waals surface area contributed by atoms with Gasteiger partial charge in [0, 0.05) is 0 Å². The summed E-state index contributed by atoms with van der Waals surface area (Å²) in [6.45, 7) is 16.4. The normalized spacial score (nSPS) is 15.5. The van der Waals surface area contributed by atoms with Crippen molar-refractivity contribution in [2.75, 3.05) is 11.5 Å². The van der Waals surface area contributed by atoms with Crippen molar-refractivity contribution in [2.24, 2.45) is 23.7 Å². The lowest BCUT2D eigenvalue weighted by molar-refractivity contribution is -0.134. The van der Waals surface area contributed by atoms with Gasteiger partial charge in [-0.25, -0.2) is 16.8 Å². The van der Waals surface area contributed by atoms with Crippen molar-refractivity contribution in [1.29, 1.82) is 0 Å². The van der Waals surface area contributed by atoms with E-state index in [9.17, 15) is 46.2 Å². The third-order valence-corrected chi connectivity index (χ3v) is 20.5. The number of hydrogen-bond donors (Lipinski definition) is 6. The molecule has 0 aliphatic heterocycles. The van der Waals surface area contributed by atoms with Gasteiger partial charge in [0.15, 0.2) is 19.7 Å². The second-order valence-corrected chi connectivity index (χ2v) is 29.5. The minimum absolute atomic E-state index is 0.00332. The van der Waals surface area contributed by atoms with Gasteiger partial charge in [0.2, 0.25) is 23.6 Å². The van der Waals surface area contributed by atoms with E-state index in [2.05, 4.69) is 21.3 Å². The van der Waals surface area contributed by atoms with E-state index in [0.29, 0.717) is 11.1 Å². The highest BCUT2D eigenvalue weighted by molar-refractivity contribution is 7.93. The van der Waals surface area contributed by atoms with Crippen LogP contribution >= 0.6 is 0 Å². The number of sulfone groups is 2. The zero-order chi connectivity index (χ0) is 58.7. The summed E-state index contributed by atoms with van der Waals surface area (Å²) in [5.41, 5.74) is 2.92. The first-order valence-corrected chi connectivity index (χ1v) is 30.9. The summed E-state index contributed by atoms with van der Waals surface area (Å²) in [4.78, 5) is 58.7. The Morgan fingerprint density at radius 2 is 0.725 bits per heavy atom. The van der Waals surface area contributed by atoms with Gasteiger partial charge in [-0.1, -0.05) is 173 Å². The van der Waals surface area contributed by atoms with Gasteiger partial charge in [0.1, 0.15) is 24.3 Å². The number of hydrogen-bond acceptors (Lipinski definition) is 10. The van der Waals surface area contributed by atoms with Crippen LogP contribution in [0, 0.1) is 23.7 Å². The first kappa shape index (κ1) is 62.7. The third-order valence-electron chi connectivity index (χ3n) is 15.1. The van der Waals surface area contributed by atoms with Crippen molar-refractivity contribution in [1.82, 2.24) is 21.3 Å². The molecule has 0 saturated heterocycles. The van der Waals surface area contributed by atoms with E-state index in [-0.39, 0.29) is 25.7 Å². The minimum atomic E-state index is -3.85. The molecule has 0 bridgehead atoms. The topological polar surface area (TPSA) is 225 Å². The van der Waals surface area contributed by atoms with Crippen molar-refractivity contribution in [2.45, 2.75) is 141 Å². The maximum absolute atomic E-state index is 14.7. The Bertz CT molecular complexity index is 3070. The van der Waals surface area contributed by atoms with Gasteiger partial charge in [-0.05, 0) is 123 Å². The molecule has 4 amide bonds. The molecule has 0 aliphatic rings.